The molecular formula is C11H12N2O5S2. The third-order valence-corrected chi connectivity index (χ3v) is 5.64. The summed E-state index contributed by atoms with van der Waals surface area (Å²) in [6.45, 7) is 3.45. The van der Waals surface area contributed by atoms with Crippen LogP contribution < -0.4 is 4.72 Å². The number of carboxylic acid groups (broad SMARTS) is 1. The molecule has 0 aliphatic carbocycles. The molecule has 2 N–H and O–H groups in total. The molecule has 20 heavy (non-hydrogen) atoms. The van der Waals surface area contributed by atoms with Crippen LogP contribution in [0.3, 0.4) is 0 Å². The number of aromatic nitrogens is 1. The van der Waals surface area contributed by atoms with E-state index < -0.39 is 16.0 Å². The average molecular weight is 316 g/mol. The summed E-state index contributed by atoms with van der Waals surface area (Å²) in [4.78, 5) is 10.7. The van der Waals surface area contributed by atoms with Gasteiger partial charge in [0.1, 0.15) is 14.8 Å². The Morgan fingerprint density at radius 2 is 2.15 bits per heavy atom. The third-order valence-electron chi connectivity index (χ3n) is 2.68. The van der Waals surface area contributed by atoms with E-state index in [4.69, 9.17) is 9.63 Å². The maximum Gasteiger partial charge on any atom is 0.345 e. The second kappa shape index (κ2) is 5.35. The van der Waals surface area contributed by atoms with Crippen molar-refractivity contribution in [3.8, 4) is 0 Å². The van der Waals surface area contributed by atoms with E-state index in [1.807, 2.05) is 0 Å². The van der Waals surface area contributed by atoms with Crippen LogP contribution in [0.1, 0.15) is 26.7 Å². The van der Waals surface area contributed by atoms with Crippen LogP contribution in [0.15, 0.2) is 20.9 Å². The van der Waals surface area contributed by atoms with E-state index in [1.54, 1.807) is 13.8 Å². The van der Waals surface area contributed by atoms with Gasteiger partial charge in [-0.2, -0.15) is 0 Å². The zero-order chi connectivity index (χ0) is 14.9. The number of hydrogen-bond donors (Lipinski definition) is 2. The van der Waals surface area contributed by atoms with Crippen molar-refractivity contribution in [2.75, 3.05) is 0 Å². The summed E-state index contributed by atoms with van der Waals surface area (Å²) in [7, 11) is -3.75. The van der Waals surface area contributed by atoms with Crippen molar-refractivity contribution in [2.24, 2.45) is 0 Å². The van der Waals surface area contributed by atoms with Gasteiger partial charge in [0.2, 0.25) is 10.0 Å². The number of rotatable bonds is 5. The fraction of sp³-hybridized carbons (Fsp3) is 0.273. The summed E-state index contributed by atoms with van der Waals surface area (Å²) in [6, 6.07) is 2.53. The average Bonchev–Trinajstić information content (AvgIpc) is 2.96. The zero-order valence-corrected chi connectivity index (χ0v) is 12.3. The number of nitrogens with one attached hydrogen (secondary N) is 1. The Kier molecular flexibility index (Phi) is 3.93. The number of carbonyl (C=O) groups is 1. The molecule has 0 aromatic carbocycles. The van der Waals surface area contributed by atoms with Crippen molar-refractivity contribution in [3.63, 3.8) is 0 Å². The third kappa shape index (κ3) is 2.89. The molecule has 2 aromatic heterocycles. The normalized spacial score (nSPS) is 11.7. The molecule has 0 radical (unpaired) electrons. The highest BCUT2D eigenvalue weighted by Crippen LogP contribution is 2.22. The zero-order valence-electron chi connectivity index (χ0n) is 10.7. The van der Waals surface area contributed by atoms with Crippen molar-refractivity contribution in [2.45, 2.75) is 24.6 Å². The standard InChI is InChI=1S/C11H12N2O5S2/c1-6-8(7(2)18-13-6)5-12-20(16,17)10-4-3-9(19-10)11(14)15/h3-4,12H,5H2,1-2H3,(H,14,15). The van der Waals surface area contributed by atoms with E-state index in [2.05, 4.69) is 9.88 Å². The first-order valence-corrected chi connectivity index (χ1v) is 7.86. The molecule has 2 rings (SSSR count). The lowest BCUT2D eigenvalue weighted by Crippen LogP contribution is -2.22. The predicted molar refractivity (Wildman–Crippen MR) is 71.3 cm³/mol. The van der Waals surface area contributed by atoms with Gasteiger partial charge in [0.15, 0.2) is 0 Å². The summed E-state index contributed by atoms with van der Waals surface area (Å²) < 4.78 is 31.4. The highest BCUT2D eigenvalue weighted by molar-refractivity contribution is 7.91. The summed E-state index contributed by atoms with van der Waals surface area (Å²) in [5, 5.41) is 12.5. The Balaban J connectivity index is 2.17. The lowest BCUT2D eigenvalue weighted by atomic mass is 10.2. The van der Waals surface area contributed by atoms with Gasteiger partial charge < -0.3 is 9.63 Å². The molecule has 0 aliphatic heterocycles. The summed E-state index contributed by atoms with van der Waals surface area (Å²) >= 11 is 0.704. The lowest BCUT2D eigenvalue weighted by Gasteiger charge is -2.04. The van der Waals surface area contributed by atoms with Crippen LogP contribution in [0.25, 0.3) is 0 Å². The number of carboxylic acids is 1. The minimum atomic E-state index is -3.75. The summed E-state index contributed by atoms with van der Waals surface area (Å²) in [5.74, 6) is -0.607. The number of aryl methyl sites for hydroxylation is 2. The van der Waals surface area contributed by atoms with Gasteiger partial charge >= 0.3 is 5.97 Å². The van der Waals surface area contributed by atoms with Gasteiger partial charge in [0, 0.05) is 12.1 Å². The highest BCUT2D eigenvalue weighted by atomic mass is 32.2. The fourth-order valence-corrected chi connectivity index (χ4v) is 3.76. The molecule has 0 aliphatic rings. The van der Waals surface area contributed by atoms with Gasteiger partial charge in [-0.15, -0.1) is 11.3 Å². The molecule has 0 atom stereocenters. The maximum atomic E-state index is 12.0. The monoisotopic (exact) mass is 316 g/mol. The number of nitrogens with zero attached hydrogens (tertiary/aromatic N) is 1. The van der Waals surface area contributed by atoms with E-state index in [9.17, 15) is 13.2 Å². The molecule has 0 fully saturated rings. The highest BCUT2D eigenvalue weighted by Gasteiger charge is 2.20. The van der Waals surface area contributed by atoms with Crippen molar-refractivity contribution in [1.29, 1.82) is 0 Å². The van der Waals surface area contributed by atoms with E-state index >= 15 is 0 Å². The first kappa shape index (κ1) is 14.7. The Hall–Kier alpha value is -1.71. The van der Waals surface area contributed by atoms with E-state index in [-0.39, 0.29) is 15.6 Å². The van der Waals surface area contributed by atoms with Crippen LogP contribution >= 0.6 is 11.3 Å². The smallest absolute Gasteiger partial charge is 0.345 e. The Labute approximate surface area is 119 Å². The topological polar surface area (TPSA) is 110 Å². The second-order valence-corrected chi connectivity index (χ2v) is 7.13. The molecule has 7 nitrogen and oxygen atoms in total. The first-order valence-electron chi connectivity index (χ1n) is 5.56. The predicted octanol–water partition coefficient (Wildman–Crippen LogP) is 1.53. The van der Waals surface area contributed by atoms with Crippen molar-refractivity contribution >= 4 is 27.3 Å². The first-order chi connectivity index (χ1) is 9.31. The number of thiophene rings is 1. The molecule has 0 bridgehead atoms. The Morgan fingerprint density at radius 1 is 1.45 bits per heavy atom. The molecule has 108 valence electrons. The number of aromatic carboxylic acids is 1. The minimum Gasteiger partial charge on any atom is -0.477 e. The van der Waals surface area contributed by atoms with Gasteiger partial charge in [0.05, 0.1) is 5.69 Å². The lowest BCUT2D eigenvalue weighted by molar-refractivity contribution is 0.0702. The van der Waals surface area contributed by atoms with Crippen LogP contribution in [-0.4, -0.2) is 24.7 Å². The molecule has 9 heteroatoms. The SMILES string of the molecule is Cc1noc(C)c1CNS(=O)(=O)c1ccc(C(=O)O)s1. The van der Waals surface area contributed by atoms with Crippen LogP contribution in [-0.2, 0) is 16.6 Å². The van der Waals surface area contributed by atoms with Gasteiger partial charge in [-0.3, -0.25) is 0 Å². The quantitative estimate of drug-likeness (QED) is 0.865. The Morgan fingerprint density at radius 3 is 2.65 bits per heavy atom. The minimum absolute atomic E-state index is 0.0253. The summed E-state index contributed by atoms with van der Waals surface area (Å²) in [5.41, 5.74) is 1.28. The van der Waals surface area contributed by atoms with E-state index in [1.165, 1.54) is 12.1 Å². The maximum absolute atomic E-state index is 12.0. The van der Waals surface area contributed by atoms with Gasteiger partial charge in [0.25, 0.3) is 0 Å². The van der Waals surface area contributed by atoms with Crippen LogP contribution in [0, 0.1) is 13.8 Å². The molecule has 0 saturated heterocycles. The van der Waals surface area contributed by atoms with Gasteiger partial charge in [-0.05, 0) is 26.0 Å². The molecule has 0 spiro atoms. The molecule has 0 unspecified atom stereocenters. The Bertz CT molecular complexity index is 725. The molecule has 0 saturated carbocycles. The molecule has 0 amide bonds. The van der Waals surface area contributed by atoms with Crippen molar-refractivity contribution < 1.29 is 22.8 Å². The molecule has 2 heterocycles. The van der Waals surface area contributed by atoms with E-state index in [0.29, 0.717) is 28.4 Å². The number of hydrogen-bond acceptors (Lipinski definition) is 6. The molecular weight excluding hydrogens is 304 g/mol. The van der Waals surface area contributed by atoms with E-state index in [0.717, 1.165) is 0 Å². The van der Waals surface area contributed by atoms with Crippen LogP contribution in [0.4, 0.5) is 0 Å². The van der Waals surface area contributed by atoms with Crippen molar-refractivity contribution in [3.05, 3.63) is 34.0 Å². The van der Waals surface area contributed by atoms with Gasteiger partial charge in [-0.1, -0.05) is 5.16 Å². The largest absolute Gasteiger partial charge is 0.477 e. The molecule has 2 aromatic rings. The summed E-state index contributed by atoms with van der Waals surface area (Å²) in [6.07, 6.45) is 0. The van der Waals surface area contributed by atoms with Crippen molar-refractivity contribution in [1.82, 2.24) is 9.88 Å². The second-order valence-electron chi connectivity index (χ2n) is 4.05. The number of sulfonamides is 1. The van der Waals surface area contributed by atoms with Crippen LogP contribution in [0.5, 0.6) is 0 Å². The van der Waals surface area contributed by atoms with Gasteiger partial charge in [-0.25, -0.2) is 17.9 Å². The fourth-order valence-electron chi connectivity index (χ4n) is 1.57. The van der Waals surface area contributed by atoms with Crippen LogP contribution in [0.2, 0.25) is 0 Å².